The van der Waals surface area contributed by atoms with Crippen LogP contribution in [0, 0.1) is 0 Å². The van der Waals surface area contributed by atoms with Gasteiger partial charge >= 0.3 is 0 Å². The third-order valence-electron chi connectivity index (χ3n) is 6.52. The van der Waals surface area contributed by atoms with E-state index in [1.807, 2.05) is 23.1 Å². The Morgan fingerprint density at radius 3 is 2.79 bits per heavy atom. The molecule has 0 amide bonds. The number of nitrogens with one attached hydrogen (secondary N) is 2. The molecule has 0 saturated carbocycles. The number of halogens is 1. The summed E-state index contributed by atoms with van der Waals surface area (Å²) >= 11 is 6.00. The van der Waals surface area contributed by atoms with Crippen LogP contribution in [0.2, 0.25) is 5.02 Å². The van der Waals surface area contributed by atoms with Crippen molar-refractivity contribution in [1.29, 1.82) is 0 Å². The fraction of sp³-hybridized carbons (Fsp3) is 0.391. The fourth-order valence-corrected chi connectivity index (χ4v) is 6.30. The molecule has 0 radical (unpaired) electrons. The summed E-state index contributed by atoms with van der Waals surface area (Å²) in [6.07, 6.45) is 8.52. The molecule has 0 bridgehead atoms. The molecule has 2 aliphatic rings. The number of aromatic amines is 1. The second-order valence-electron chi connectivity index (χ2n) is 8.61. The van der Waals surface area contributed by atoms with Gasteiger partial charge in [-0.2, -0.15) is 9.40 Å². The van der Waals surface area contributed by atoms with Crippen molar-refractivity contribution in [2.75, 3.05) is 38.0 Å². The van der Waals surface area contributed by atoms with E-state index in [4.69, 9.17) is 11.6 Å². The molecule has 1 fully saturated rings. The zero-order valence-electron chi connectivity index (χ0n) is 18.9. The summed E-state index contributed by atoms with van der Waals surface area (Å²) in [6.45, 7) is 5.23. The lowest BCUT2D eigenvalue weighted by Gasteiger charge is -2.35. The minimum Gasteiger partial charge on any atom is -0.348 e. The first-order valence-corrected chi connectivity index (χ1v) is 13.2. The first kappa shape index (κ1) is 23.1. The van der Waals surface area contributed by atoms with E-state index >= 15 is 0 Å². The highest BCUT2D eigenvalue weighted by Crippen LogP contribution is 2.33. The number of hydrogen-bond acceptors (Lipinski definition) is 6. The summed E-state index contributed by atoms with van der Waals surface area (Å²) in [5, 5.41) is 8.21. The number of fused-ring (bicyclic) bond motifs is 1. The van der Waals surface area contributed by atoms with Crippen molar-refractivity contribution in [3.05, 3.63) is 65.1 Å². The lowest BCUT2D eigenvalue weighted by atomic mass is 10.0. The molecule has 1 aromatic carbocycles. The van der Waals surface area contributed by atoms with E-state index in [-0.39, 0.29) is 17.0 Å². The number of nitrogens with zero attached hydrogens (tertiary/aromatic N) is 5. The van der Waals surface area contributed by atoms with Gasteiger partial charge in [-0.1, -0.05) is 24.6 Å². The zero-order valence-corrected chi connectivity index (χ0v) is 20.5. The van der Waals surface area contributed by atoms with Crippen LogP contribution in [-0.4, -0.2) is 71.4 Å². The summed E-state index contributed by atoms with van der Waals surface area (Å²) < 4.78 is 29.5. The van der Waals surface area contributed by atoms with E-state index in [9.17, 15) is 8.42 Å². The van der Waals surface area contributed by atoms with Gasteiger partial charge in [0.15, 0.2) is 0 Å². The Labute approximate surface area is 204 Å². The number of sulfonamides is 1. The molecule has 1 saturated heterocycles. The van der Waals surface area contributed by atoms with Crippen molar-refractivity contribution in [3.8, 4) is 0 Å². The van der Waals surface area contributed by atoms with Gasteiger partial charge < -0.3 is 10.3 Å². The number of rotatable bonds is 7. The summed E-state index contributed by atoms with van der Waals surface area (Å²) in [5.74, 6) is 0.963. The molecule has 2 unspecified atom stereocenters. The molecule has 0 spiro atoms. The van der Waals surface area contributed by atoms with E-state index in [1.165, 1.54) is 6.07 Å². The van der Waals surface area contributed by atoms with E-state index in [0.29, 0.717) is 31.2 Å². The van der Waals surface area contributed by atoms with Gasteiger partial charge in [-0.3, -0.25) is 14.6 Å². The lowest BCUT2D eigenvalue weighted by Crippen LogP contribution is -2.49. The summed E-state index contributed by atoms with van der Waals surface area (Å²) in [4.78, 5) is 10.3. The van der Waals surface area contributed by atoms with Gasteiger partial charge in [0.1, 0.15) is 11.9 Å². The Morgan fingerprint density at radius 1 is 1.21 bits per heavy atom. The Morgan fingerprint density at radius 2 is 2.03 bits per heavy atom. The van der Waals surface area contributed by atoms with Crippen molar-refractivity contribution in [2.24, 2.45) is 4.99 Å². The maximum absolute atomic E-state index is 13.0. The van der Waals surface area contributed by atoms with E-state index in [1.54, 1.807) is 28.8 Å². The molecule has 2 aliphatic heterocycles. The van der Waals surface area contributed by atoms with Gasteiger partial charge in [0.05, 0.1) is 23.5 Å². The number of H-pyrrole nitrogens is 1. The largest absolute Gasteiger partial charge is 0.348 e. The van der Waals surface area contributed by atoms with Gasteiger partial charge in [-0.15, -0.1) is 0 Å². The van der Waals surface area contributed by atoms with Gasteiger partial charge in [0.25, 0.3) is 0 Å². The molecular weight excluding hydrogens is 474 g/mol. The monoisotopic (exact) mass is 501 g/mol. The highest BCUT2D eigenvalue weighted by atomic mass is 35.5. The number of anilines is 1. The van der Waals surface area contributed by atoms with Gasteiger partial charge in [0, 0.05) is 61.3 Å². The average molecular weight is 502 g/mol. The van der Waals surface area contributed by atoms with Crippen molar-refractivity contribution >= 4 is 33.8 Å². The number of hydrogen-bond donors (Lipinski definition) is 2. The van der Waals surface area contributed by atoms with Crippen LogP contribution in [0.5, 0.6) is 0 Å². The van der Waals surface area contributed by atoms with Crippen molar-refractivity contribution in [1.82, 2.24) is 24.0 Å². The van der Waals surface area contributed by atoms with Crippen molar-refractivity contribution in [2.45, 2.75) is 30.3 Å². The number of aliphatic imine (C=N–C) groups is 1. The van der Waals surface area contributed by atoms with E-state index in [0.717, 1.165) is 29.9 Å². The summed E-state index contributed by atoms with van der Waals surface area (Å²) in [5.41, 5.74) is 2.15. The maximum Gasteiger partial charge on any atom is 0.243 e. The van der Waals surface area contributed by atoms with Gasteiger partial charge in [-0.05, 0) is 30.7 Å². The van der Waals surface area contributed by atoms with E-state index < -0.39 is 10.0 Å². The smallest absolute Gasteiger partial charge is 0.243 e. The third kappa shape index (κ3) is 4.50. The summed E-state index contributed by atoms with van der Waals surface area (Å²) in [6, 6.07) is 8.61. The standard InChI is InChI=1S/C23H28ClN7O2S/c1-2-19(31-14-17(13-28-31)22-21-6-7-25-23(21)27-16-26-22)15-29-8-10-30(11-9-29)34(32,33)20-5-3-4-18(24)12-20/h3-7,12-14,16,19,22,25H,2,8-11,15H2,1H3,(H,26,27). The minimum atomic E-state index is -3.54. The summed E-state index contributed by atoms with van der Waals surface area (Å²) in [7, 11) is -3.54. The second-order valence-corrected chi connectivity index (χ2v) is 11.0. The first-order chi connectivity index (χ1) is 16.5. The predicted octanol–water partition coefficient (Wildman–Crippen LogP) is 3.37. The Balaban J connectivity index is 1.22. The van der Waals surface area contributed by atoms with Crippen LogP contribution in [0.3, 0.4) is 0 Å². The van der Waals surface area contributed by atoms with Gasteiger partial charge in [-0.25, -0.2) is 8.42 Å². The number of benzene rings is 1. The molecule has 180 valence electrons. The molecule has 3 aromatic rings. The minimum absolute atomic E-state index is 0.0750. The normalized spacial score (nSPS) is 20.1. The van der Waals surface area contributed by atoms with Crippen LogP contribution in [-0.2, 0) is 10.0 Å². The molecule has 0 aliphatic carbocycles. The molecule has 5 rings (SSSR count). The molecular formula is C23H28ClN7O2S. The van der Waals surface area contributed by atoms with Crippen LogP contribution in [0.4, 0.5) is 5.82 Å². The SMILES string of the molecule is CCC(CN1CCN(S(=O)(=O)c2cccc(Cl)c2)CC1)n1cc(C2N=CNc3[nH]ccc32)cn1. The van der Waals surface area contributed by atoms with Crippen LogP contribution < -0.4 is 5.32 Å². The molecule has 2 atom stereocenters. The fourth-order valence-electron chi connectivity index (χ4n) is 4.58. The third-order valence-corrected chi connectivity index (χ3v) is 8.65. The van der Waals surface area contributed by atoms with Crippen LogP contribution >= 0.6 is 11.6 Å². The topological polar surface area (TPSA) is 98.6 Å². The van der Waals surface area contributed by atoms with Crippen LogP contribution in [0.15, 0.2) is 58.8 Å². The lowest BCUT2D eigenvalue weighted by molar-refractivity contribution is 0.160. The molecule has 34 heavy (non-hydrogen) atoms. The number of piperazine rings is 1. The van der Waals surface area contributed by atoms with E-state index in [2.05, 4.69) is 38.4 Å². The molecule has 4 heterocycles. The first-order valence-electron chi connectivity index (χ1n) is 11.4. The van der Waals surface area contributed by atoms with Crippen LogP contribution in [0.1, 0.15) is 36.6 Å². The molecule has 2 N–H and O–H groups in total. The Kier molecular flexibility index (Phi) is 6.48. The molecule has 11 heteroatoms. The predicted molar refractivity (Wildman–Crippen MR) is 133 cm³/mol. The average Bonchev–Trinajstić information content (AvgIpc) is 3.53. The zero-order chi connectivity index (χ0) is 23.7. The maximum atomic E-state index is 13.0. The highest BCUT2D eigenvalue weighted by molar-refractivity contribution is 7.89. The Hall–Kier alpha value is -2.66. The Bertz CT molecular complexity index is 1280. The highest BCUT2D eigenvalue weighted by Gasteiger charge is 2.30. The van der Waals surface area contributed by atoms with Crippen molar-refractivity contribution in [3.63, 3.8) is 0 Å². The quantitative estimate of drug-likeness (QED) is 0.517. The molecule has 9 nitrogen and oxygen atoms in total. The van der Waals surface area contributed by atoms with Crippen LogP contribution in [0.25, 0.3) is 0 Å². The molecule has 2 aromatic heterocycles. The van der Waals surface area contributed by atoms with Crippen molar-refractivity contribution < 1.29 is 8.42 Å². The van der Waals surface area contributed by atoms with Gasteiger partial charge in [0.2, 0.25) is 10.0 Å². The number of aromatic nitrogens is 3. The second kappa shape index (κ2) is 9.53.